The van der Waals surface area contributed by atoms with Gasteiger partial charge in [-0.05, 0) is 44.0 Å². The number of aromatic nitrogens is 2. The van der Waals surface area contributed by atoms with Crippen molar-refractivity contribution >= 4 is 63.0 Å². The number of hydrogen-bond acceptors (Lipinski definition) is 8. The first-order valence-electron chi connectivity index (χ1n) is 18.5. The number of carbonyl (C=O) groups excluding carboxylic acids is 2. The average molecular weight is 918 g/mol. The minimum absolute atomic E-state index is 0. The fourth-order valence-corrected chi connectivity index (χ4v) is 7.17. The number of pyridine rings is 2. The Kier molecular flexibility index (Phi) is 16.5. The maximum absolute atomic E-state index is 13.3. The molecule has 308 valence electrons. The summed E-state index contributed by atoms with van der Waals surface area (Å²) in [5.41, 5.74) is 9.01. The van der Waals surface area contributed by atoms with Crippen molar-refractivity contribution in [2.45, 2.75) is 60.3 Å². The summed E-state index contributed by atoms with van der Waals surface area (Å²) in [6.45, 7) is 14.3. The number of hydrogen-bond donors (Lipinski definition) is 2. The van der Waals surface area contributed by atoms with Crippen molar-refractivity contribution in [1.29, 1.82) is 0 Å². The Morgan fingerprint density at radius 2 is 1.25 bits per heavy atom. The van der Waals surface area contributed by atoms with Crippen LogP contribution < -0.4 is 4.46 Å². The fraction of sp³-hybridized carbons (Fsp3) is 0.191. The molecule has 0 aliphatic rings. The Hall–Kier alpha value is -4.92. The molecule has 2 N–H and O–H groups in total. The van der Waals surface area contributed by atoms with Crippen molar-refractivity contribution in [1.82, 2.24) is 9.97 Å². The summed E-state index contributed by atoms with van der Waals surface area (Å²) < 4.78 is 0.425. The van der Waals surface area contributed by atoms with E-state index in [1.54, 1.807) is 36.4 Å². The SMILES string of the molecule is CC(C)c1cccc(C(C)C)c1N=CC(=O)c1c(Cl)c(Cl)nc(O)c1-c1cccc[c]1[Cu].Cc1cc(C)c(N=CC(=O)c2ccc(-c3ccccc3)nc2O)c(C)c1.[Fe]. The van der Waals surface area contributed by atoms with Gasteiger partial charge in [-0.25, -0.2) is 4.98 Å². The zero-order valence-corrected chi connectivity index (χ0v) is 37.0. The van der Waals surface area contributed by atoms with Gasteiger partial charge in [-0.2, -0.15) is 0 Å². The van der Waals surface area contributed by atoms with Crippen molar-refractivity contribution in [2.75, 3.05) is 0 Å². The molecule has 0 fully saturated rings. The Morgan fingerprint density at radius 1 is 0.695 bits per heavy atom. The summed E-state index contributed by atoms with van der Waals surface area (Å²) in [7, 11) is 0. The van der Waals surface area contributed by atoms with Crippen LogP contribution in [0.2, 0.25) is 10.2 Å². The molecule has 0 atom stereocenters. The summed E-state index contributed by atoms with van der Waals surface area (Å²) in [5, 5.41) is 20.5. The standard InChI is InChI=1S/C25H23Cl2N2O2.C22H20N2O2.Cu.Fe/c1-14(2)17-11-8-12-18(15(3)4)23(17)28-13-19(30)21-20(16-9-6-5-7-10-16)25(31)29-24(27)22(21)26;1-14-11-15(2)21(16(3)12-14)23-13-20(25)18-9-10-19(24-22(18)26)17-7-5-4-6-8-17;;/h5-9,11-15H,1-4H3,(H,29,31);4-13H,1-3H3,(H,24,26);;. The summed E-state index contributed by atoms with van der Waals surface area (Å²) in [6, 6.07) is 29.8. The minimum Gasteiger partial charge on any atom is -0.493 e. The van der Waals surface area contributed by atoms with Gasteiger partial charge in [0.05, 0.1) is 23.2 Å². The van der Waals surface area contributed by atoms with Crippen LogP contribution in [0, 0.1) is 20.8 Å². The van der Waals surface area contributed by atoms with E-state index in [1.807, 2.05) is 81.4 Å². The van der Waals surface area contributed by atoms with E-state index in [-0.39, 0.29) is 67.4 Å². The summed E-state index contributed by atoms with van der Waals surface area (Å²) in [5.74, 6) is -1.15. The van der Waals surface area contributed by atoms with Crippen molar-refractivity contribution < 1.29 is 52.9 Å². The number of nitrogens with zero attached hydrogens (tertiary/aromatic N) is 4. The van der Waals surface area contributed by atoms with Crippen molar-refractivity contribution in [3.05, 3.63) is 146 Å². The molecule has 0 amide bonds. The van der Waals surface area contributed by atoms with E-state index >= 15 is 0 Å². The van der Waals surface area contributed by atoms with Crippen LogP contribution in [0.4, 0.5) is 11.4 Å². The normalized spacial score (nSPS) is 11.2. The first-order chi connectivity index (χ1) is 27.6. The van der Waals surface area contributed by atoms with Gasteiger partial charge in [0.1, 0.15) is 0 Å². The first-order valence-corrected chi connectivity index (χ1v) is 19.7. The fourth-order valence-electron chi connectivity index (χ4n) is 6.48. The topological polar surface area (TPSA) is 125 Å². The van der Waals surface area contributed by atoms with Gasteiger partial charge < -0.3 is 5.11 Å². The number of aromatic hydroxyl groups is 2. The van der Waals surface area contributed by atoms with E-state index in [0.29, 0.717) is 15.7 Å². The van der Waals surface area contributed by atoms with Crippen molar-refractivity contribution in [3.63, 3.8) is 0 Å². The molecule has 0 radical (unpaired) electrons. The van der Waals surface area contributed by atoms with E-state index in [4.69, 9.17) is 39.2 Å². The molecule has 4 aromatic carbocycles. The maximum atomic E-state index is 13.3. The molecule has 0 saturated carbocycles. The zero-order chi connectivity index (χ0) is 42.3. The second-order valence-electron chi connectivity index (χ2n) is 14.2. The number of ketones is 2. The largest absolute Gasteiger partial charge is 0.493 e. The van der Waals surface area contributed by atoms with Crippen LogP contribution in [0.1, 0.15) is 88.1 Å². The number of aliphatic imine (C=N–C) groups is 2. The third-order valence-electron chi connectivity index (χ3n) is 9.24. The van der Waals surface area contributed by atoms with Gasteiger partial charge >= 0.3 is 207 Å². The quantitative estimate of drug-likeness (QED) is 0.0610. The van der Waals surface area contributed by atoms with E-state index in [2.05, 4.69) is 47.6 Å². The number of halogens is 2. The van der Waals surface area contributed by atoms with Gasteiger partial charge in [-0.1, -0.05) is 48.0 Å². The van der Waals surface area contributed by atoms with Crippen LogP contribution in [-0.4, -0.2) is 44.2 Å². The Bertz CT molecular complexity index is 2510. The number of benzene rings is 4. The van der Waals surface area contributed by atoms with Crippen molar-refractivity contribution in [2.24, 2.45) is 9.98 Å². The van der Waals surface area contributed by atoms with Gasteiger partial charge in [0, 0.05) is 22.6 Å². The van der Waals surface area contributed by atoms with Crippen LogP contribution in [0.3, 0.4) is 0 Å². The predicted octanol–water partition coefficient (Wildman–Crippen LogP) is 11.7. The number of para-hydroxylation sites is 1. The number of rotatable bonds is 10. The van der Waals surface area contributed by atoms with Crippen LogP contribution in [0.15, 0.2) is 107 Å². The molecule has 2 heterocycles. The minimum atomic E-state index is -0.506. The molecule has 8 nitrogen and oxygen atoms in total. The van der Waals surface area contributed by atoms with Crippen LogP contribution in [0.25, 0.3) is 22.4 Å². The molecule has 0 unspecified atom stereocenters. The molecule has 6 rings (SSSR count). The zero-order valence-electron chi connectivity index (χ0n) is 33.5. The number of Topliss-reactive ketones (excluding diaryl/α,β-unsaturated/α-hetero) is 2. The second kappa shape index (κ2) is 20.9. The molecular formula is C47H43Cl2CuFeN4O4. The van der Waals surface area contributed by atoms with E-state index in [9.17, 15) is 19.8 Å². The molecule has 59 heavy (non-hydrogen) atoms. The van der Waals surface area contributed by atoms with E-state index in [1.165, 1.54) is 12.4 Å². The Labute approximate surface area is 374 Å². The van der Waals surface area contributed by atoms with Gasteiger partial charge in [0.15, 0.2) is 0 Å². The molecule has 0 spiro atoms. The van der Waals surface area contributed by atoms with Gasteiger partial charge in [0.25, 0.3) is 0 Å². The molecule has 0 aliphatic carbocycles. The third kappa shape index (κ3) is 11.2. The monoisotopic (exact) mass is 916 g/mol. The molecule has 0 aliphatic heterocycles. The van der Waals surface area contributed by atoms with Gasteiger partial charge in [-0.3, -0.25) is 9.79 Å². The second-order valence-corrected chi connectivity index (χ2v) is 15.5. The Balaban J connectivity index is 0.000000261. The van der Waals surface area contributed by atoms with E-state index in [0.717, 1.165) is 44.8 Å². The average Bonchev–Trinajstić information content (AvgIpc) is 3.18. The maximum Gasteiger partial charge on any atom is 0.222 e. The van der Waals surface area contributed by atoms with Gasteiger partial charge in [0.2, 0.25) is 11.7 Å². The predicted molar refractivity (Wildman–Crippen MR) is 233 cm³/mol. The van der Waals surface area contributed by atoms with Crippen molar-refractivity contribution in [3.8, 4) is 34.1 Å². The number of aryl methyl sites for hydroxylation is 3. The van der Waals surface area contributed by atoms with E-state index < -0.39 is 11.7 Å². The first kappa shape index (κ1) is 46.8. The summed E-state index contributed by atoms with van der Waals surface area (Å²) in [6.07, 6.45) is 2.46. The smallest absolute Gasteiger partial charge is 0.222 e. The summed E-state index contributed by atoms with van der Waals surface area (Å²) in [4.78, 5) is 42.7. The third-order valence-corrected chi connectivity index (χ3v) is 10.4. The molecule has 0 saturated heterocycles. The molecule has 12 heteroatoms. The molecule has 6 aromatic rings. The summed E-state index contributed by atoms with van der Waals surface area (Å²) >= 11 is 18.0. The van der Waals surface area contributed by atoms with Crippen LogP contribution in [-0.2, 0) is 33.1 Å². The molecular weight excluding hydrogens is 875 g/mol. The van der Waals surface area contributed by atoms with Crippen LogP contribution in [0.5, 0.6) is 11.8 Å². The number of carbonyl (C=O) groups is 2. The Morgan fingerprint density at radius 3 is 1.83 bits per heavy atom. The molecule has 0 bridgehead atoms. The van der Waals surface area contributed by atoms with Gasteiger partial charge in [-0.15, -0.1) is 0 Å². The molecule has 2 aromatic heterocycles. The van der Waals surface area contributed by atoms with Crippen LogP contribution >= 0.6 is 23.2 Å².